The minimum absolute atomic E-state index is 0.0405. The maximum atomic E-state index is 13.0. The van der Waals surface area contributed by atoms with Crippen LogP contribution in [0.4, 0.5) is 0 Å². The second-order valence-electron chi connectivity index (χ2n) is 6.32. The molecule has 146 valence electrons. The van der Waals surface area contributed by atoms with Crippen molar-refractivity contribution in [2.45, 2.75) is 18.7 Å². The van der Waals surface area contributed by atoms with Gasteiger partial charge in [0.1, 0.15) is 22.0 Å². The Morgan fingerprint density at radius 3 is 2.30 bits per heavy atom. The first-order valence-electron chi connectivity index (χ1n) is 8.24. The van der Waals surface area contributed by atoms with Crippen LogP contribution < -0.4 is 0 Å². The lowest BCUT2D eigenvalue weighted by Gasteiger charge is -2.33. The molecule has 1 amide bonds. The molecule has 27 heavy (non-hydrogen) atoms. The number of aryl methyl sites for hydroxylation is 3. The summed E-state index contributed by atoms with van der Waals surface area (Å²) in [6.07, 6.45) is 3.06. The number of hydrogen-bond donors (Lipinski definition) is 1. The van der Waals surface area contributed by atoms with Crippen LogP contribution in [0.2, 0.25) is 0 Å². The Morgan fingerprint density at radius 1 is 1.15 bits per heavy atom. The zero-order valence-electron chi connectivity index (χ0n) is 15.2. The van der Waals surface area contributed by atoms with E-state index >= 15 is 0 Å². The van der Waals surface area contributed by atoms with Crippen molar-refractivity contribution < 1.29 is 27.5 Å². The van der Waals surface area contributed by atoms with Crippen LogP contribution in [0, 0.1) is 13.8 Å². The van der Waals surface area contributed by atoms with Crippen molar-refractivity contribution in [3.63, 3.8) is 0 Å². The van der Waals surface area contributed by atoms with Gasteiger partial charge in [-0.3, -0.25) is 9.48 Å². The number of nitrogens with zero attached hydrogens (tertiary/aromatic N) is 4. The standard InChI is InChI=1S/C16H20N4O6S/c1-10-13(16(22)23)14(11(2)26-10)27(24,25)20-6-4-19(5-7-20)15(21)12-8-17-18(3)9-12/h8-9H,4-7H2,1-3H3,(H,22,23). The first-order chi connectivity index (χ1) is 12.6. The van der Waals surface area contributed by atoms with Gasteiger partial charge in [0.25, 0.3) is 5.91 Å². The number of carbonyl (C=O) groups is 2. The van der Waals surface area contributed by atoms with E-state index in [2.05, 4.69) is 5.10 Å². The third kappa shape index (κ3) is 3.35. The summed E-state index contributed by atoms with van der Waals surface area (Å²) in [5, 5.41) is 13.3. The van der Waals surface area contributed by atoms with Gasteiger partial charge in [0.05, 0.1) is 11.8 Å². The number of carboxylic acid groups (broad SMARTS) is 1. The zero-order chi connectivity index (χ0) is 19.9. The normalized spacial score (nSPS) is 15.9. The number of amides is 1. The monoisotopic (exact) mass is 396 g/mol. The zero-order valence-corrected chi connectivity index (χ0v) is 16.0. The molecule has 1 N–H and O–H groups in total. The molecule has 0 aromatic carbocycles. The maximum Gasteiger partial charge on any atom is 0.340 e. The minimum atomic E-state index is -4.05. The molecule has 10 nitrogen and oxygen atoms in total. The summed E-state index contributed by atoms with van der Waals surface area (Å²) in [6, 6.07) is 0. The van der Waals surface area contributed by atoms with Gasteiger partial charge in [-0.05, 0) is 13.8 Å². The van der Waals surface area contributed by atoms with Crippen LogP contribution in [-0.4, -0.2) is 70.6 Å². The Hall–Kier alpha value is -2.66. The highest BCUT2D eigenvalue weighted by molar-refractivity contribution is 7.89. The highest BCUT2D eigenvalue weighted by Crippen LogP contribution is 2.30. The van der Waals surface area contributed by atoms with E-state index in [1.807, 2.05) is 0 Å². The van der Waals surface area contributed by atoms with Gasteiger partial charge < -0.3 is 14.4 Å². The molecule has 0 bridgehead atoms. The fraction of sp³-hybridized carbons (Fsp3) is 0.438. The summed E-state index contributed by atoms with van der Waals surface area (Å²) in [6.45, 7) is 3.37. The number of carboxylic acids is 1. The Balaban J connectivity index is 1.80. The lowest BCUT2D eigenvalue weighted by atomic mass is 10.2. The van der Waals surface area contributed by atoms with Crippen molar-refractivity contribution in [2.24, 2.45) is 7.05 Å². The predicted molar refractivity (Wildman–Crippen MR) is 93.0 cm³/mol. The van der Waals surface area contributed by atoms with E-state index in [0.29, 0.717) is 5.56 Å². The van der Waals surface area contributed by atoms with E-state index in [-0.39, 0.29) is 54.1 Å². The molecule has 3 rings (SSSR count). The van der Waals surface area contributed by atoms with Crippen LogP contribution in [-0.2, 0) is 17.1 Å². The molecule has 2 aromatic rings. The molecule has 1 saturated heterocycles. The summed E-state index contributed by atoms with van der Waals surface area (Å²) in [5.41, 5.74) is 0.0876. The first-order valence-corrected chi connectivity index (χ1v) is 9.68. The molecule has 0 unspecified atom stereocenters. The summed E-state index contributed by atoms with van der Waals surface area (Å²) >= 11 is 0. The van der Waals surface area contributed by atoms with Gasteiger partial charge in [-0.2, -0.15) is 9.40 Å². The van der Waals surface area contributed by atoms with Gasteiger partial charge >= 0.3 is 5.97 Å². The third-order valence-corrected chi connectivity index (χ3v) is 6.55. The van der Waals surface area contributed by atoms with Crippen molar-refractivity contribution in [3.8, 4) is 0 Å². The molecule has 0 radical (unpaired) electrons. The third-order valence-electron chi connectivity index (χ3n) is 4.49. The van der Waals surface area contributed by atoms with Gasteiger partial charge in [0.2, 0.25) is 10.0 Å². The number of piperazine rings is 1. The van der Waals surface area contributed by atoms with Gasteiger partial charge in [-0.15, -0.1) is 0 Å². The van der Waals surface area contributed by atoms with E-state index in [9.17, 15) is 23.1 Å². The predicted octanol–water partition coefficient (Wildman–Crippen LogP) is 0.475. The van der Waals surface area contributed by atoms with Gasteiger partial charge in [-0.1, -0.05) is 0 Å². The number of carbonyl (C=O) groups excluding carboxylic acids is 1. The van der Waals surface area contributed by atoms with Crippen molar-refractivity contribution in [1.82, 2.24) is 19.0 Å². The lowest BCUT2D eigenvalue weighted by molar-refractivity contribution is 0.0689. The summed E-state index contributed by atoms with van der Waals surface area (Å²) < 4.78 is 33.9. The highest BCUT2D eigenvalue weighted by Gasteiger charge is 2.37. The topological polar surface area (TPSA) is 126 Å². The van der Waals surface area contributed by atoms with E-state index in [4.69, 9.17) is 4.42 Å². The minimum Gasteiger partial charge on any atom is -0.478 e. The largest absolute Gasteiger partial charge is 0.478 e. The summed E-state index contributed by atoms with van der Waals surface area (Å²) in [7, 11) is -2.35. The summed E-state index contributed by atoms with van der Waals surface area (Å²) in [5.74, 6) is -1.49. The molecule has 1 aliphatic heterocycles. The van der Waals surface area contributed by atoms with E-state index in [1.165, 1.54) is 29.0 Å². The molecular formula is C16H20N4O6S. The van der Waals surface area contributed by atoms with Crippen molar-refractivity contribution in [2.75, 3.05) is 26.2 Å². The fourth-order valence-electron chi connectivity index (χ4n) is 3.20. The van der Waals surface area contributed by atoms with Gasteiger partial charge in [-0.25, -0.2) is 13.2 Å². The lowest BCUT2D eigenvalue weighted by Crippen LogP contribution is -2.50. The number of hydrogen-bond acceptors (Lipinski definition) is 6. The molecule has 3 heterocycles. The van der Waals surface area contributed by atoms with Crippen LogP contribution in [0.25, 0.3) is 0 Å². The van der Waals surface area contributed by atoms with Gasteiger partial charge in [0.15, 0.2) is 0 Å². The number of aromatic carboxylic acids is 1. The summed E-state index contributed by atoms with van der Waals surface area (Å²) in [4.78, 5) is 25.2. The maximum absolute atomic E-state index is 13.0. The molecular weight excluding hydrogens is 376 g/mol. The van der Waals surface area contributed by atoms with Crippen molar-refractivity contribution in [1.29, 1.82) is 0 Å². The van der Waals surface area contributed by atoms with Gasteiger partial charge in [0, 0.05) is 39.4 Å². The highest BCUT2D eigenvalue weighted by atomic mass is 32.2. The molecule has 1 fully saturated rings. The van der Waals surface area contributed by atoms with Crippen LogP contribution in [0.1, 0.15) is 32.2 Å². The molecule has 0 aliphatic carbocycles. The Labute approximate surface area is 156 Å². The number of rotatable bonds is 4. The van der Waals surface area contributed by atoms with Crippen molar-refractivity contribution in [3.05, 3.63) is 35.0 Å². The van der Waals surface area contributed by atoms with Crippen LogP contribution in [0.5, 0.6) is 0 Å². The molecule has 2 aromatic heterocycles. The Bertz CT molecular complexity index is 998. The Morgan fingerprint density at radius 2 is 1.78 bits per heavy atom. The number of sulfonamides is 1. The number of furan rings is 1. The molecule has 1 aliphatic rings. The van der Waals surface area contributed by atoms with Crippen molar-refractivity contribution >= 4 is 21.9 Å². The smallest absolute Gasteiger partial charge is 0.340 e. The van der Waals surface area contributed by atoms with E-state index in [0.717, 1.165) is 0 Å². The average Bonchev–Trinajstić information content (AvgIpc) is 3.17. The quantitative estimate of drug-likeness (QED) is 0.796. The second kappa shape index (κ2) is 6.82. The fourth-order valence-corrected chi connectivity index (χ4v) is 4.99. The molecule has 11 heteroatoms. The molecule has 0 atom stereocenters. The van der Waals surface area contributed by atoms with Crippen LogP contribution >= 0.6 is 0 Å². The molecule has 0 spiro atoms. The van der Waals surface area contributed by atoms with Crippen LogP contribution in [0.3, 0.4) is 0 Å². The van der Waals surface area contributed by atoms with E-state index < -0.39 is 16.0 Å². The van der Waals surface area contributed by atoms with E-state index in [1.54, 1.807) is 18.1 Å². The van der Waals surface area contributed by atoms with Crippen LogP contribution in [0.15, 0.2) is 21.7 Å². The Kier molecular flexibility index (Phi) is 4.82. The number of aromatic nitrogens is 2. The molecule has 0 saturated carbocycles. The average molecular weight is 396 g/mol. The first kappa shape index (κ1) is 19.1. The SMILES string of the molecule is Cc1oc(C)c(S(=O)(=O)N2CCN(C(=O)c3cnn(C)c3)CC2)c1C(=O)O. The second-order valence-corrected chi connectivity index (χ2v) is 8.20.